The quantitative estimate of drug-likeness (QED) is 0.797. The van der Waals surface area contributed by atoms with Crippen molar-refractivity contribution in [2.45, 2.75) is 32.8 Å². The van der Waals surface area contributed by atoms with E-state index in [-0.39, 0.29) is 6.61 Å². The maximum atomic E-state index is 8.76. The lowest BCUT2D eigenvalue weighted by molar-refractivity contribution is 0.108. The van der Waals surface area contributed by atoms with Crippen LogP contribution in [0.15, 0.2) is 0 Å². The molecule has 0 amide bonds. The third kappa shape index (κ3) is 2.33. The first-order valence-electron chi connectivity index (χ1n) is 5.35. The monoisotopic (exact) mass is 208 g/mol. The Morgan fingerprint density at radius 1 is 1.40 bits per heavy atom. The fraction of sp³-hybridized carbons (Fsp3) is 0.636. The second-order valence-electron chi connectivity index (χ2n) is 3.78. The second kappa shape index (κ2) is 4.68. The molecule has 0 saturated heterocycles. The zero-order valence-electron chi connectivity index (χ0n) is 8.99. The molecular weight excluding hydrogens is 192 g/mol. The van der Waals surface area contributed by atoms with E-state index in [9.17, 15) is 0 Å². The van der Waals surface area contributed by atoms with E-state index >= 15 is 0 Å². The van der Waals surface area contributed by atoms with Crippen LogP contribution in [0.4, 0.5) is 0 Å². The van der Waals surface area contributed by atoms with Crippen molar-refractivity contribution >= 4 is 0 Å². The van der Waals surface area contributed by atoms with Crippen LogP contribution in [0.2, 0.25) is 0 Å². The summed E-state index contributed by atoms with van der Waals surface area (Å²) in [5.74, 6) is 0.849. The largest absolute Gasteiger partial charge is 0.396 e. The Kier molecular flexibility index (Phi) is 3.28. The first kappa shape index (κ1) is 10.5. The highest BCUT2D eigenvalue weighted by atomic mass is 16.5. The fourth-order valence-electron chi connectivity index (χ4n) is 1.80. The van der Waals surface area contributed by atoms with E-state index < -0.39 is 0 Å². The molecule has 4 heteroatoms. The van der Waals surface area contributed by atoms with Crippen LogP contribution in [-0.4, -0.2) is 28.3 Å². The number of aryl methyl sites for hydroxylation is 2. The maximum absolute atomic E-state index is 8.76. The number of ether oxygens (including phenoxy) is 1. The Balaban J connectivity index is 2.24. The predicted molar refractivity (Wildman–Crippen MR) is 55.5 cm³/mol. The Hall–Kier alpha value is -1.00. The van der Waals surface area contributed by atoms with Gasteiger partial charge in [-0.05, 0) is 13.3 Å². The summed E-state index contributed by atoms with van der Waals surface area (Å²) in [5.41, 5.74) is 3.29. The molecule has 1 aliphatic rings. The minimum Gasteiger partial charge on any atom is -0.396 e. The SMILES string of the molecule is Cc1nc(CCCO)nc2c1COCC2. The van der Waals surface area contributed by atoms with E-state index in [0.717, 1.165) is 48.6 Å². The molecular formula is C11H16N2O2. The van der Waals surface area contributed by atoms with Crippen LogP contribution in [0.1, 0.15) is 29.2 Å². The third-order valence-electron chi connectivity index (χ3n) is 2.63. The van der Waals surface area contributed by atoms with Gasteiger partial charge in [0.05, 0.1) is 18.9 Å². The lowest BCUT2D eigenvalue weighted by Gasteiger charge is -2.17. The number of hydrogen-bond acceptors (Lipinski definition) is 4. The Morgan fingerprint density at radius 3 is 3.07 bits per heavy atom. The number of aliphatic hydroxyl groups is 1. The molecule has 0 spiro atoms. The lowest BCUT2D eigenvalue weighted by Crippen LogP contribution is -2.16. The van der Waals surface area contributed by atoms with Gasteiger partial charge < -0.3 is 9.84 Å². The molecule has 0 saturated carbocycles. The molecule has 0 atom stereocenters. The maximum Gasteiger partial charge on any atom is 0.128 e. The number of rotatable bonds is 3. The summed E-state index contributed by atoms with van der Waals surface area (Å²) in [6.07, 6.45) is 2.37. The van der Waals surface area contributed by atoms with E-state index in [2.05, 4.69) is 9.97 Å². The summed E-state index contributed by atoms with van der Waals surface area (Å²) in [7, 11) is 0. The molecule has 1 N–H and O–H groups in total. The first-order chi connectivity index (χ1) is 7.31. The van der Waals surface area contributed by atoms with Crippen molar-refractivity contribution in [3.8, 4) is 0 Å². The highest BCUT2D eigenvalue weighted by Crippen LogP contribution is 2.17. The molecule has 0 unspecified atom stereocenters. The number of hydrogen-bond donors (Lipinski definition) is 1. The molecule has 2 rings (SSSR count). The van der Waals surface area contributed by atoms with Crippen molar-refractivity contribution in [3.63, 3.8) is 0 Å². The van der Waals surface area contributed by atoms with Crippen molar-refractivity contribution < 1.29 is 9.84 Å². The summed E-state index contributed by atoms with van der Waals surface area (Å²) >= 11 is 0. The normalized spacial score (nSPS) is 15.1. The van der Waals surface area contributed by atoms with Crippen molar-refractivity contribution in [2.24, 2.45) is 0 Å². The van der Waals surface area contributed by atoms with Crippen LogP contribution in [0.3, 0.4) is 0 Å². The average molecular weight is 208 g/mol. The van der Waals surface area contributed by atoms with Gasteiger partial charge >= 0.3 is 0 Å². The molecule has 0 aliphatic carbocycles. The first-order valence-corrected chi connectivity index (χ1v) is 5.35. The summed E-state index contributed by atoms with van der Waals surface area (Å²) in [4.78, 5) is 8.93. The van der Waals surface area contributed by atoms with Crippen LogP contribution < -0.4 is 0 Å². The van der Waals surface area contributed by atoms with Crippen LogP contribution in [0, 0.1) is 6.92 Å². The average Bonchev–Trinajstić information content (AvgIpc) is 2.26. The van der Waals surface area contributed by atoms with Crippen molar-refractivity contribution in [3.05, 3.63) is 22.8 Å². The molecule has 15 heavy (non-hydrogen) atoms. The van der Waals surface area contributed by atoms with Gasteiger partial charge in [0.2, 0.25) is 0 Å². The van der Waals surface area contributed by atoms with Gasteiger partial charge in [0.15, 0.2) is 0 Å². The highest BCUT2D eigenvalue weighted by molar-refractivity contribution is 5.26. The number of aromatic nitrogens is 2. The lowest BCUT2D eigenvalue weighted by atomic mass is 10.1. The van der Waals surface area contributed by atoms with Gasteiger partial charge in [0, 0.05) is 30.7 Å². The van der Waals surface area contributed by atoms with E-state index in [0.29, 0.717) is 6.61 Å². The molecule has 0 fully saturated rings. The smallest absolute Gasteiger partial charge is 0.128 e. The molecule has 82 valence electrons. The molecule has 4 nitrogen and oxygen atoms in total. The number of fused-ring (bicyclic) bond motifs is 1. The summed E-state index contributed by atoms with van der Waals surface area (Å²) in [6, 6.07) is 0. The standard InChI is InChI=1S/C11H16N2O2/c1-8-9-7-15-6-4-10(9)13-11(12-8)3-2-5-14/h14H,2-7H2,1H3. The summed E-state index contributed by atoms with van der Waals surface area (Å²) in [5, 5.41) is 8.76. The number of nitrogens with zero attached hydrogens (tertiary/aromatic N) is 2. The van der Waals surface area contributed by atoms with Crippen molar-refractivity contribution in [1.82, 2.24) is 9.97 Å². The molecule has 1 aromatic rings. The number of aliphatic hydroxyl groups excluding tert-OH is 1. The minimum absolute atomic E-state index is 0.197. The second-order valence-corrected chi connectivity index (χ2v) is 3.78. The van der Waals surface area contributed by atoms with Gasteiger partial charge in [-0.2, -0.15) is 0 Å². The van der Waals surface area contributed by atoms with Gasteiger partial charge in [-0.25, -0.2) is 9.97 Å². The van der Waals surface area contributed by atoms with E-state index in [4.69, 9.17) is 9.84 Å². The molecule has 1 aromatic heterocycles. The zero-order valence-corrected chi connectivity index (χ0v) is 8.99. The predicted octanol–water partition coefficient (Wildman–Crippen LogP) is 0.783. The van der Waals surface area contributed by atoms with Crippen LogP contribution in [-0.2, 0) is 24.2 Å². The molecule has 0 aromatic carbocycles. The van der Waals surface area contributed by atoms with E-state index in [1.807, 2.05) is 6.92 Å². The van der Waals surface area contributed by atoms with Crippen LogP contribution >= 0.6 is 0 Å². The fourth-order valence-corrected chi connectivity index (χ4v) is 1.80. The Labute approximate surface area is 89.3 Å². The van der Waals surface area contributed by atoms with E-state index in [1.165, 1.54) is 0 Å². The van der Waals surface area contributed by atoms with Crippen LogP contribution in [0.25, 0.3) is 0 Å². The third-order valence-corrected chi connectivity index (χ3v) is 2.63. The minimum atomic E-state index is 0.197. The Bertz CT molecular complexity index is 353. The molecule has 2 heterocycles. The molecule has 0 bridgehead atoms. The van der Waals surface area contributed by atoms with Gasteiger partial charge in [-0.1, -0.05) is 0 Å². The Morgan fingerprint density at radius 2 is 2.27 bits per heavy atom. The van der Waals surface area contributed by atoms with Gasteiger partial charge in [-0.15, -0.1) is 0 Å². The summed E-state index contributed by atoms with van der Waals surface area (Å²) < 4.78 is 5.38. The van der Waals surface area contributed by atoms with Gasteiger partial charge in [0.25, 0.3) is 0 Å². The van der Waals surface area contributed by atoms with Gasteiger partial charge in [0.1, 0.15) is 5.82 Å². The highest BCUT2D eigenvalue weighted by Gasteiger charge is 2.15. The molecule has 1 aliphatic heterocycles. The topological polar surface area (TPSA) is 55.2 Å². The van der Waals surface area contributed by atoms with E-state index in [1.54, 1.807) is 0 Å². The molecule has 0 radical (unpaired) electrons. The zero-order chi connectivity index (χ0) is 10.7. The van der Waals surface area contributed by atoms with Crippen molar-refractivity contribution in [2.75, 3.05) is 13.2 Å². The van der Waals surface area contributed by atoms with Gasteiger partial charge in [-0.3, -0.25) is 0 Å². The van der Waals surface area contributed by atoms with Crippen LogP contribution in [0.5, 0.6) is 0 Å². The van der Waals surface area contributed by atoms with Crippen molar-refractivity contribution in [1.29, 1.82) is 0 Å². The summed E-state index contributed by atoms with van der Waals surface area (Å²) in [6.45, 7) is 3.59.